The fourth-order valence-corrected chi connectivity index (χ4v) is 3.52. The number of para-hydroxylation sites is 1. The number of carbonyl (C=O) groups excluding carboxylic acids is 1. The lowest BCUT2D eigenvalue weighted by Crippen LogP contribution is -2.14. The van der Waals surface area contributed by atoms with Gasteiger partial charge in [-0.2, -0.15) is 5.26 Å². The Morgan fingerprint density at radius 2 is 1.79 bits per heavy atom. The standard InChI is InChI=1S/C24H25NO3/c1-16(2)13-20-22(24(20,3)4)23(26)28-21(15-25)17-9-8-12-19(14-17)27-18-10-6-5-7-11-18/h5-14,20-22H,1-4H3/t20-,21-,22+/m1/s1. The van der Waals surface area contributed by atoms with E-state index in [9.17, 15) is 10.1 Å². The molecule has 0 aliphatic heterocycles. The Bertz CT molecular complexity index is 920. The predicted octanol–water partition coefficient (Wildman–Crippen LogP) is 5.83. The van der Waals surface area contributed by atoms with Gasteiger partial charge in [0.25, 0.3) is 0 Å². The van der Waals surface area contributed by atoms with E-state index in [1.165, 1.54) is 5.57 Å². The molecule has 1 fully saturated rings. The highest BCUT2D eigenvalue weighted by molar-refractivity contribution is 5.78. The summed E-state index contributed by atoms with van der Waals surface area (Å²) in [6, 6.07) is 18.6. The molecule has 3 rings (SSSR count). The lowest BCUT2D eigenvalue weighted by molar-refractivity contribution is -0.149. The largest absolute Gasteiger partial charge is 0.457 e. The van der Waals surface area contributed by atoms with Gasteiger partial charge in [0, 0.05) is 5.56 Å². The monoisotopic (exact) mass is 375 g/mol. The maximum atomic E-state index is 12.7. The molecule has 0 spiro atoms. The molecule has 28 heavy (non-hydrogen) atoms. The third-order valence-electron chi connectivity index (χ3n) is 5.17. The van der Waals surface area contributed by atoms with Crippen molar-refractivity contribution in [1.29, 1.82) is 5.26 Å². The molecule has 0 bridgehead atoms. The molecule has 144 valence electrons. The minimum Gasteiger partial charge on any atom is -0.457 e. The van der Waals surface area contributed by atoms with Crippen molar-refractivity contribution in [2.45, 2.75) is 33.8 Å². The van der Waals surface area contributed by atoms with Crippen LogP contribution < -0.4 is 4.74 Å². The van der Waals surface area contributed by atoms with E-state index in [4.69, 9.17) is 9.47 Å². The summed E-state index contributed by atoms with van der Waals surface area (Å²) in [4.78, 5) is 12.7. The zero-order chi connectivity index (χ0) is 20.3. The maximum Gasteiger partial charge on any atom is 0.311 e. The van der Waals surface area contributed by atoms with Crippen LogP contribution in [0.2, 0.25) is 0 Å². The van der Waals surface area contributed by atoms with E-state index in [-0.39, 0.29) is 23.2 Å². The maximum absolute atomic E-state index is 12.7. The first-order chi connectivity index (χ1) is 13.3. The summed E-state index contributed by atoms with van der Waals surface area (Å²) in [7, 11) is 0. The van der Waals surface area contributed by atoms with E-state index < -0.39 is 6.10 Å². The van der Waals surface area contributed by atoms with Crippen LogP contribution >= 0.6 is 0 Å². The Kier molecular flexibility index (Phi) is 5.56. The summed E-state index contributed by atoms with van der Waals surface area (Å²) >= 11 is 0. The van der Waals surface area contributed by atoms with Crippen LogP contribution in [0.1, 0.15) is 39.4 Å². The quantitative estimate of drug-likeness (QED) is 0.471. The molecule has 0 heterocycles. The Balaban J connectivity index is 1.72. The normalized spacial score (nSPS) is 20.4. The van der Waals surface area contributed by atoms with Crippen molar-refractivity contribution in [2.75, 3.05) is 0 Å². The summed E-state index contributed by atoms with van der Waals surface area (Å²) < 4.78 is 11.4. The minimum absolute atomic E-state index is 0.146. The number of benzene rings is 2. The van der Waals surface area contributed by atoms with Gasteiger partial charge >= 0.3 is 5.97 Å². The molecule has 4 heteroatoms. The van der Waals surface area contributed by atoms with Crippen LogP contribution in [0.5, 0.6) is 11.5 Å². The Morgan fingerprint density at radius 3 is 2.43 bits per heavy atom. The molecule has 0 radical (unpaired) electrons. The number of hydrogen-bond acceptors (Lipinski definition) is 4. The number of nitrogens with zero attached hydrogens (tertiary/aromatic N) is 1. The van der Waals surface area contributed by atoms with E-state index in [1.807, 2.05) is 50.2 Å². The first kappa shape index (κ1) is 19.7. The van der Waals surface area contributed by atoms with Gasteiger partial charge < -0.3 is 9.47 Å². The highest BCUT2D eigenvalue weighted by Gasteiger charge is 2.61. The summed E-state index contributed by atoms with van der Waals surface area (Å²) in [6.45, 7) is 8.15. The van der Waals surface area contributed by atoms with Crippen LogP contribution in [0.15, 0.2) is 66.2 Å². The molecule has 4 nitrogen and oxygen atoms in total. The average molecular weight is 375 g/mol. The molecule has 0 saturated heterocycles. The van der Waals surface area contributed by atoms with Crippen molar-refractivity contribution in [2.24, 2.45) is 17.3 Å². The van der Waals surface area contributed by atoms with Gasteiger partial charge in [0.2, 0.25) is 6.10 Å². The second-order valence-corrected chi connectivity index (χ2v) is 8.00. The number of nitriles is 1. The summed E-state index contributed by atoms with van der Waals surface area (Å²) in [6.07, 6.45) is 1.15. The van der Waals surface area contributed by atoms with Crippen LogP contribution in [0.3, 0.4) is 0 Å². The van der Waals surface area contributed by atoms with Gasteiger partial charge in [-0.15, -0.1) is 0 Å². The Hall–Kier alpha value is -3.06. The number of hydrogen-bond donors (Lipinski definition) is 0. The van der Waals surface area contributed by atoms with Gasteiger partial charge in [-0.3, -0.25) is 4.79 Å². The first-order valence-electron chi connectivity index (χ1n) is 9.41. The van der Waals surface area contributed by atoms with Gasteiger partial charge in [0.05, 0.1) is 5.92 Å². The molecule has 1 aliphatic carbocycles. The van der Waals surface area contributed by atoms with Gasteiger partial charge in [0.1, 0.15) is 17.6 Å². The molecule has 0 aromatic heterocycles. The number of carbonyl (C=O) groups is 1. The molecule has 1 aliphatic rings. The summed E-state index contributed by atoms with van der Waals surface area (Å²) in [5, 5.41) is 9.57. The first-order valence-corrected chi connectivity index (χ1v) is 9.41. The third kappa shape index (κ3) is 4.26. The number of ether oxygens (including phenoxy) is 2. The van der Waals surface area contributed by atoms with Crippen molar-refractivity contribution in [3.8, 4) is 17.6 Å². The second kappa shape index (κ2) is 7.90. The Labute approximate surface area is 166 Å². The zero-order valence-corrected chi connectivity index (χ0v) is 16.7. The van der Waals surface area contributed by atoms with E-state index >= 15 is 0 Å². The fraction of sp³-hybridized carbons (Fsp3) is 0.333. The molecule has 0 N–H and O–H groups in total. The van der Waals surface area contributed by atoms with E-state index in [0.29, 0.717) is 17.1 Å². The highest BCUT2D eigenvalue weighted by Crippen LogP contribution is 2.60. The summed E-state index contributed by atoms with van der Waals surface area (Å²) in [5.74, 6) is 0.899. The zero-order valence-electron chi connectivity index (χ0n) is 16.7. The number of esters is 1. The second-order valence-electron chi connectivity index (χ2n) is 8.00. The SMILES string of the molecule is CC(C)=C[C@@H]1[C@@H](C(=O)O[C@H](C#N)c2cccc(Oc3ccccc3)c2)C1(C)C. The fourth-order valence-electron chi connectivity index (χ4n) is 3.52. The van der Waals surface area contributed by atoms with Gasteiger partial charge in [-0.05, 0) is 49.4 Å². The molecule has 2 aromatic rings. The average Bonchev–Trinajstić information content (AvgIpc) is 3.20. The van der Waals surface area contributed by atoms with Crippen molar-refractivity contribution >= 4 is 5.97 Å². The minimum atomic E-state index is -0.962. The summed E-state index contributed by atoms with van der Waals surface area (Å²) in [5.41, 5.74) is 1.63. The van der Waals surface area contributed by atoms with Crippen molar-refractivity contribution in [3.63, 3.8) is 0 Å². The highest BCUT2D eigenvalue weighted by atomic mass is 16.5. The lowest BCUT2D eigenvalue weighted by Gasteiger charge is -2.13. The molecule has 3 atom stereocenters. The van der Waals surface area contributed by atoms with Crippen LogP contribution in [0, 0.1) is 28.6 Å². The van der Waals surface area contributed by atoms with E-state index in [0.717, 1.165) is 0 Å². The van der Waals surface area contributed by atoms with E-state index in [2.05, 4.69) is 26.0 Å². The Morgan fingerprint density at radius 1 is 1.11 bits per heavy atom. The van der Waals surface area contributed by atoms with Gasteiger partial charge in [0.15, 0.2) is 0 Å². The number of allylic oxidation sites excluding steroid dienone is 2. The predicted molar refractivity (Wildman–Crippen MR) is 108 cm³/mol. The van der Waals surface area contributed by atoms with Crippen LogP contribution in [0.4, 0.5) is 0 Å². The van der Waals surface area contributed by atoms with E-state index in [1.54, 1.807) is 18.2 Å². The smallest absolute Gasteiger partial charge is 0.311 e. The van der Waals surface area contributed by atoms with Crippen molar-refractivity contribution < 1.29 is 14.3 Å². The van der Waals surface area contributed by atoms with Gasteiger partial charge in [-0.25, -0.2) is 0 Å². The van der Waals surface area contributed by atoms with Gasteiger partial charge in [-0.1, -0.05) is 55.8 Å². The topological polar surface area (TPSA) is 59.3 Å². The van der Waals surface area contributed by atoms with Crippen LogP contribution in [-0.2, 0) is 9.53 Å². The molecule has 1 saturated carbocycles. The number of rotatable bonds is 6. The lowest BCUT2D eigenvalue weighted by atomic mass is 10.1. The van der Waals surface area contributed by atoms with Crippen LogP contribution in [0.25, 0.3) is 0 Å². The third-order valence-corrected chi connectivity index (χ3v) is 5.17. The van der Waals surface area contributed by atoms with Crippen molar-refractivity contribution in [1.82, 2.24) is 0 Å². The van der Waals surface area contributed by atoms with Crippen molar-refractivity contribution in [3.05, 3.63) is 71.8 Å². The molecular weight excluding hydrogens is 350 g/mol. The van der Waals surface area contributed by atoms with Crippen LogP contribution in [-0.4, -0.2) is 5.97 Å². The molecule has 0 unspecified atom stereocenters. The molecular formula is C24H25NO3. The molecule has 0 amide bonds. The molecule has 2 aromatic carbocycles.